The van der Waals surface area contributed by atoms with Crippen molar-refractivity contribution in [2.75, 3.05) is 6.54 Å². The molecule has 0 radical (unpaired) electrons. The quantitative estimate of drug-likeness (QED) is 0.869. The number of aliphatic carboxylic acids is 1. The lowest BCUT2D eigenvalue weighted by atomic mass is 9.47. The SMILES string of the molecule is C[C@@H](N1C[C@H](C(=O)O)CC1=O)C12CC3CC(CC(C3)C1)C2. The number of carbonyl (C=O) groups is 2. The summed E-state index contributed by atoms with van der Waals surface area (Å²) in [4.78, 5) is 25.4. The summed E-state index contributed by atoms with van der Waals surface area (Å²) in [6.45, 7) is 2.62. The van der Waals surface area contributed by atoms with E-state index in [1.807, 2.05) is 4.90 Å². The Kier molecular flexibility index (Phi) is 2.89. The zero-order valence-corrected chi connectivity index (χ0v) is 12.8. The molecule has 0 aromatic carbocycles. The molecule has 4 heteroatoms. The molecule has 0 aromatic heterocycles. The Morgan fingerprint density at radius 2 is 1.71 bits per heavy atom. The van der Waals surface area contributed by atoms with Crippen molar-refractivity contribution in [2.24, 2.45) is 29.1 Å². The smallest absolute Gasteiger partial charge is 0.308 e. The van der Waals surface area contributed by atoms with Gasteiger partial charge in [-0.2, -0.15) is 0 Å². The molecule has 0 spiro atoms. The Hall–Kier alpha value is -1.06. The van der Waals surface area contributed by atoms with E-state index in [0.29, 0.717) is 6.54 Å². The molecular formula is C17H25NO3. The van der Waals surface area contributed by atoms with Crippen LogP contribution in [0.1, 0.15) is 51.9 Å². The van der Waals surface area contributed by atoms with Crippen LogP contribution in [0, 0.1) is 29.1 Å². The van der Waals surface area contributed by atoms with Gasteiger partial charge in [0.05, 0.1) is 5.92 Å². The minimum Gasteiger partial charge on any atom is -0.481 e. The third kappa shape index (κ3) is 2.01. The second kappa shape index (κ2) is 4.47. The second-order valence-corrected chi connectivity index (χ2v) is 8.24. The number of hydrogen-bond donors (Lipinski definition) is 1. The Morgan fingerprint density at radius 1 is 1.19 bits per heavy atom. The summed E-state index contributed by atoms with van der Waals surface area (Å²) in [6.07, 6.45) is 8.20. The lowest BCUT2D eigenvalue weighted by Gasteiger charge is -2.60. The first kappa shape index (κ1) is 13.6. The van der Waals surface area contributed by atoms with Gasteiger partial charge in [0, 0.05) is 19.0 Å². The van der Waals surface area contributed by atoms with Crippen LogP contribution in [0.2, 0.25) is 0 Å². The highest BCUT2D eigenvalue weighted by atomic mass is 16.4. The van der Waals surface area contributed by atoms with Crippen LogP contribution in [-0.2, 0) is 9.59 Å². The molecule has 1 aliphatic heterocycles. The van der Waals surface area contributed by atoms with Crippen molar-refractivity contribution < 1.29 is 14.7 Å². The van der Waals surface area contributed by atoms with Crippen molar-refractivity contribution in [1.82, 2.24) is 4.90 Å². The van der Waals surface area contributed by atoms with E-state index in [1.54, 1.807) is 0 Å². The van der Waals surface area contributed by atoms with Gasteiger partial charge in [0.25, 0.3) is 0 Å². The monoisotopic (exact) mass is 291 g/mol. The Balaban J connectivity index is 1.56. The van der Waals surface area contributed by atoms with Gasteiger partial charge in [-0.1, -0.05) is 0 Å². The highest BCUT2D eigenvalue weighted by Gasteiger charge is 2.55. The van der Waals surface area contributed by atoms with Gasteiger partial charge in [0.15, 0.2) is 0 Å². The molecule has 0 unspecified atom stereocenters. The van der Waals surface area contributed by atoms with Crippen molar-refractivity contribution in [2.45, 2.75) is 57.9 Å². The van der Waals surface area contributed by atoms with Crippen molar-refractivity contribution in [3.63, 3.8) is 0 Å². The topological polar surface area (TPSA) is 57.6 Å². The van der Waals surface area contributed by atoms with E-state index in [9.17, 15) is 14.7 Å². The van der Waals surface area contributed by atoms with Crippen LogP contribution in [0.15, 0.2) is 0 Å². The number of carboxylic acids is 1. The first-order valence-corrected chi connectivity index (χ1v) is 8.49. The molecule has 1 heterocycles. The Morgan fingerprint density at radius 3 is 2.14 bits per heavy atom. The summed E-state index contributed by atoms with van der Waals surface area (Å²) in [5.74, 6) is 1.35. The fourth-order valence-corrected chi connectivity index (χ4v) is 6.29. The van der Waals surface area contributed by atoms with Crippen LogP contribution in [0.5, 0.6) is 0 Å². The molecular weight excluding hydrogens is 266 g/mol. The molecule has 5 rings (SSSR count). The van der Waals surface area contributed by atoms with E-state index in [1.165, 1.54) is 38.5 Å². The fourth-order valence-electron chi connectivity index (χ4n) is 6.29. The molecule has 1 amide bonds. The largest absolute Gasteiger partial charge is 0.481 e. The average Bonchev–Trinajstić information content (AvgIpc) is 2.78. The summed E-state index contributed by atoms with van der Waals surface area (Å²) < 4.78 is 0. The fraction of sp³-hybridized carbons (Fsp3) is 0.882. The van der Waals surface area contributed by atoms with Crippen LogP contribution >= 0.6 is 0 Å². The van der Waals surface area contributed by atoms with E-state index < -0.39 is 11.9 Å². The van der Waals surface area contributed by atoms with Crippen molar-refractivity contribution in [3.05, 3.63) is 0 Å². The molecule has 116 valence electrons. The molecule has 21 heavy (non-hydrogen) atoms. The summed E-state index contributed by atoms with van der Waals surface area (Å²) in [7, 11) is 0. The highest BCUT2D eigenvalue weighted by Crippen LogP contribution is 2.62. The molecule has 5 aliphatic rings. The standard InChI is InChI=1S/C17H25NO3/c1-10(18-9-14(16(20)21)5-15(18)19)17-6-11-2-12(7-17)4-13(3-11)8-17/h10-14H,2-9H2,1H3,(H,20,21)/t10-,11?,12?,13?,14-,17?/m1/s1. The van der Waals surface area contributed by atoms with E-state index in [-0.39, 0.29) is 23.8 Å². The third-order valence-electron chi connectivity index (χ3n) is 6.95. The molecule has 4 bridgehead atoms. The van der Waals surface area contributed by atoms with Gasteiger partial charge in [-0.3, -0.25) is 9.59 Å². The molecule has 1 N–H and O–H groups in total. The van der Waals surface area contributed by atoms with Gasteiger partial charge in [-0.05, 0) is 68.6 Å². The number of likely N-dealkylation sites (tertiary alicyclic amines) is 1. The minimum absolute atomic E-state index is 0.0608. The number of carbonyl (C=O) groups excluding carboxylic acids is 1. The van der Waals surface area contributed by atoms with Gasteiger partial charge in [-0.15, -0.1) is 0 Å². The van der Waals surface area contributed by atoms with Crippen LogP contribution in [0.4, 0.5) is 0 Å². The van der Waals surface area contributed by atoms with Crippen LogP contribution in [0.25, 0.3) is 0 Å². The predicted molar refractivity (Wildman–Crippen MR) is 77.5 cm³/mol. The van der Waals surface area contributed by atoms with Gasteiger partial charge in [0.1, 0.15) is 0 Å². The van der Waals surface area contributed by atoms with Gasteiger partial charge >= 0.3 is 5.97 Å². The number of nitrogens with zero attached hydrogens (tertiary/aromatic N) is 1. The second-order valence-electron chi connectivity index (χ2n) is 8.24. The summed E-state index contributed by atoms with van der Waals surface area (Å²) in [5, 5.41) is 9.19. The van der Waals surface area contributed by atoms with Crippen molar-refractivity contribution in [1.29, 1.82) is 0 Å². The number of rotatable bonds is 3. The molecule has 0 aromatic rings. The number of amides is 1. The lowest BCUT2D eigenvalue weighted by Crippen LogP contribution is -2.56. The van der Waals surface area contributed by atoms with Crippen LogP contribution in [-0.4, -0.2) is 34.5 Å². The van der Waals surface area contributed by atoms with Crippen LogP contribution in [0.3, 0.4) is 0 Å². The van der Waals surface area contributed by atoms with Gasteiger partial charge in [-0.25, -0.2) is 0 Å². The third-order valence-corrected chi connectivity index (χ3v) is 6.95. The number of hydrogen-bond acceptors (Lipinski definition) is 2. The van der Waals surface area contributed by atoms with E-state index in [2.05, 4.69) is 6.92 Å². The summed E-state index contributed by atoms with van der Waals surface area (Å²) in [6, 6.07) is 0.225. The van der Waals surface area contributed by atoms with E-state index >= 15 is 0 Å². The zero-order chi connectivity index (χ0) is 14.8. The van der Waals surface area contributed by atoms with Gasteiger partial charge in [0.2, 0.25) is 5.91 Å². The summed E-state index contributed by atoms with van der Waals surface area (Å²) >= 11 is 0. The average molecular weight is 291 g/mol. The molecule has 4 saturated carbocycles. The maximum absolute atomic E-state index is 12.3. The first-order valence-electron chi connectivity index (χ1n) is 8.49. The Labute approximate surface area is 125 Å². The van der Waals surface area contributed by atoms with Crippen molar-refractivity contribution >= 4 is 11.9 Å². The lowest BCUT2D eigenvalue weighted by molar-refractivity contribution is -0.141. The predicted octanol–water partition coefficient (Wildman–Crippen LogP) is 2.52. The maximum atomic E-state index is 12.3. The molecule has 2 atom stereocenters. The molecule has 4 aliphatic carbocycles. The highest BCUT2D eigenvalue weighted by molar-refractivity contribution is 5.86. The first-order chi connectivity index (χ1) is 9.97. The van der Waals surface area contributed by atoms with Crippen molar-refractivity contribution in [3.8, 4) is 0 Å². The van der Waals surface area contributed by atoms with Gasteiger partial charge < -0.3 is 10.0 Å². The molecule has 4 nitrogen and oxygen atoms in total. The maximum Gasteiger partial charge on any atom is 0.308 e. The minimum atomic E-state index is -0.816. The number of carboxylic acid groups (broad SMARTS) is 1. The normalized spacial score (nSPS) is 46.1. The zero-order valence-electron chi connectivity index (χ0n) is 12.8. The van der Waals surface area contributed by atoms with Crippen LogP contribution < -0.4 is 0 Å². The van der Waals surface area contributed by atoms with E-state index in [4.69, 9.17) is 0 Å². The summed E-state index contributed by atoms with van der Waals surface area (Å²) in [5.41, 5.74) is 0.289. The molecule has 5 fully saturated rings. The Bertz CT molecular complexity index is 451. The van der Waals surface area contributed by atoms with E-state index in [0.717, 1.165) is 17.8 Å². The molecule has 1 saturated heterocycles.